The minimum Gasteiger partial charge on any atom is -0.504 e. The molecule has 2 N–H and O–H groups in total. The Morgan fingerprint density at radius 1 is 1.27 bits per heavy atom. The van der Waals surface area contributed by atoms with Gasteiger partial charge in [0.1, 0.15) is 5.82 Å². The molecule has 0 saturated carbocycles. The molecule has 0 radical (unpaired) electrons. The van der Waals surface area contributed by atoms with Crippen molar-refractivity contribution >= 4 is 5.97 Å². The first-order valence-corrected chi connectivity index (χ1v) is 6.77. The van der Waals surface area contributed by atoms with Gasteiger partial charge in [0.15, 0.2) is 11.5 Å². The molecule has 0 amide bonds. The average Bonchev–Trinajstić information content (AvgIpc) is 2.47. The number of phenols is 1. The Bertz CT molecular complexity index is 697. The number of methoxy groups -OCH3 is 1. The van der Waals surface area contributed by atoms with Crippen molar-refractivity contribution in [1.82, 2.24) is 0 Å². The van der Waals surface area contributed by atoms with Crippen LogP contribution in [0.25, 0.3) is 0 Å². The molecule has 0 spiro atoms. The lowest BCUT2D eigenvalue weighted by atomic mass is 9.91. The minimum atomic E-state index is -1.04. The zero-order chi connectivity index (χ0) is 16.3. The number of aryl methyl sites for hydroxylation is 1. The van der Waals surface area contributed by atoms with Crippen molar-refractivity contribution in [3.05, 3.63) is 58.9 Å². The number of hydrogen-bond donors (Lipinski definition) is 2. The number of benzene rings is 2. The van der Waals surface area contributed by atoms with Crippen LogP contribution >= 0.6 is 0 Å². The normalized spacial score (nSPS) is 12.0. The summed E-state index contributed by atoms with van der Waals surface area (Å²) in [5.41, 5.74) is 1.49. The number of halogens is 1. The Balaban J connectivity index is 2.31. The summed E-state index contributed by atoms with van der Waals surface area (Å²) >= 11 is 0. The number of phenolic OH excluding ortho intramolecular Hbond substituents is 1. The second-order valence-electron chi connectivity index (χ2n) is 5.11. The minimum absolute atomic E-state index is 0.0563. The van der Waals surface area contributed by atoms with Crippen molar-refractivity contribution in [2.24, 2.45) is 0 Å². The van der Waals surface area contributed by atoms with Crippen molar-refractivity contribution < 1.29 is 24.1 Å². The van der Waals surface area contributed by atoms with Gasteiger partial charge >= 0.3 is 5.97 Å². The third-order valence-electron chi connectivity index (χ3n) is 3.58. The van der Waals surface area contributed by atoms with Crippen LogP contribution in [0.2, 0.25) is 0 Å². The van der Waals surface area contributed by atoms with E-state index in [1.165, 1.54) is 19.2 Å². The fourth-order valence-electron chi connectivity index (χ4n) is 2.27. The van der Waals surface area contributed by atoms with Gasteiger partial charge in [-0.1, -0.05) is 18.2 Å². The zero-order valence-electron chi connectivity index (χ0n) is 12.3. The molecule has 4 nitrogen and oxygen atoms in total. The number of aromatic hydroxyl groups is 1. The number of carboxylic acids is 1. The van der Waals surface area contributed by atoms with E-state index in [1.54, 1.807) is 31.2 Å². The quantitative estimate of drug-likeness (QED) is 0.889. The highest BCUT2D eigenvalue weighted by Gasteiger charge is 2.21. The van der Waals surface area contributed by atoms with Gasteiger partial charge in [0.25, 0.3) is 0 Å². The smallest absolute Gasteiger partial charge is 0.311 e. The van der Waals surface area contributed by atoms with Crippen LogP contribution in [0.5, 0.6) is 11.5 Å². The van der Waals surface area contributed by atoms with Gasteiger partial charge in [0.05, 0.1) is 13.0 Å². The molecule has 0 saturated heterocycles. The van der Waals surface area contributed by atoms with Crippen molar-refractivity contribution in [1.29, 1.82) is 0 Å². The second kappa shape index (κ2) is 6.47. The van der Waals surface area contributed by atoms with Crippen molar-refractivity contribution in [2.45, 2.75) is 19.3 Å². The van der Waals surface area contributed by atoms with E-state index >= 15 is 0 Å². The highest BCUT2D eigenvalue weighted by molar-refractivity contribution is 5.76. The third kappa shape index (κ3) is 3.36. The highest BCUT2D eigenvalue weighted by Crippen LogP contribution is 2.29. The Morgan fingerprint density at radius 3 is 2.55 bits per heavy atom. The van der Waals surface area contributed by atoms with Gasteiger partial charge in [-0.3, -0.25) is 4.79 Å². The molecule has 0 aliphatic carbocycles. The Hall–Kier alpha value is -2.56. The van der Waals surface area contributed by atoms with E-state index in [0.29, 0.717) is 22.4 Å². The largest absolute Gasteiger partial charge is 0.504 e. The highest BCUT2D eigenvalue weighted by atomic mass is 19.1. The molecule has 116 valence electrons. The number of carbonyl (C=O) groups is 1. The van der Waals surface area contributed by atoms with Gasteiger partial charge in [-0.15, -0.1) is 0 Å². The molecule has 2 rings (SSSR count). The summed E-state index contributed by atoms with van der Waals surface area (Å²) in [4.78, 5) is 11.5. The molecule has 0 aliphatic heterocycles. The molecule has 5 heteroatoms. The van der Waals surface area contributed by atoms with E-state index in [1.807, 2.05) is 0 Å². The first-order chi connectivity index (χ1) is 10.4. The van der Waals surface area contributed by atoms with Gasteiger partial charge in [0.2, 0.25) is 0 Å². The zero-order valence-corrected chi connectivity index (χ0v) is 12.3. The van der Waals surface area contributed by atoms with Gasteiger partial charge < -0.3 is 14.9 Å². The summed E-state index contributed by atoms with van der Waals surface area (Å²) < 4.78 is 18.6. The van der Waals surface area contributed by atoms with Crippen LogP contribution in [0.4, 0.5) is 4.39 Å². The third-order valence-corrected chi connectivity index (χ3v) is 3.58. The standard InChI is InChI=1S/C17H17FO4/c1-10-3-5-12(9-14(10)18)13(17(20)21)7-11-4-6-16(22-2)15(19)8-11/h3-6,8-9,13,19H,7H2,1-2H3,(H,20,21). The summed E-state index contributed by atoms with van der Waals surface area (Å²) in [6, 6.07) is 9.13. The van der Waals surface area contributed by atoms with Crippen LogP contribution < -0.4 is 4.74 Å². The van der Waals surface area contributed by atoms with E-state index in [2.05, 4.69) is 0 Å². The van der Waals surface area contributed by atoms with Crippen LogP contribution in [0, 0.1) is 12.7 Å². The van der Waals surface area contributed by atoms with Crippen LogP contribution in [0.1, 0.15) is 22.6 Å². The molecule has 0 heterocycles. The fraction of sp³-hybridized carbons (Fsp3) is 0.235. The molecule has 1 atom stereocenters. The molecule has 0 bridgehead atoms. The predicted molar refractivity (Wildman–Crippen MR) is 79.9 cm³/mol. The summed E-state index contributed by atoms with van der Waals surface area (Å²) in [7, 11) is 1.43. The van der Waals surface area contributed by atoms with Gasteiger partial charge in [-0.25, -0.2) is 4.39 Å². The first-order valence-electron chi connectivity index (χ1n) is 6.77. The Labute approximate surface area is 127 Å². The fourth-order valence-corrected chi connectivity index (χ4v) is 2.27. The maximum Gasteiger partial charge on any atom is 0.311 e. The van der Waals surface area contributed by atoms with Crippen molar-refractivity contribution in [3.63, 3.8) is 0 Å². The van der Waals surface area contributed by atoms with Gasteiger partial charge in [-0.2, -0.15) is 0 Å². The van der Waals surface area contributed by atoms with Crippen molar-refractivity contribution in [3.8, 4) is 11.5 Å². The predicted octanol–water partition coefficient (Wildman–Crippen LogP) is 3.26. The maximum absolute atomic E-state index is 13.7. The molecule has 22 heavy (non-hydrogen) atoms. The molecular weight excluding hydrogens is 287 g/mol. The van der Waals surface area contributed by atoms with Gasteiger partial charge in [0, 0.05) is 0 Å². The molecule has 0 fully saturated rings. The summed E-state index contributed by atoms with van der Waals surface area (Å²) in [6.07, 6.45) is 0.148. The molecule has 0 aliphatic rings. The van der Waals surface area contributed by atoms with E-state index in [-0.39, 0.29) is 12.2 Å². The van der Waals surface area contributed by atoms with E-state index in [0.717, 1.165) is 0 Å². The van der Waals surface area contributed by atoms with Crippen LogP contribution in [0.3, 0.4) is 0 Å². The summed E-state index contributed by atoms with van der Waals surface area (Å²) in [5, 5.41) is 19.2. The Kier molecular flexibility index (Phi) is 4.65. The number of rotatable bonds is 5. The van der Waals surface area contributed by atoms with Crippen molar-refractivity contribution in [2.75, 3.05) is 7.11 Å². The number of hydrogen-bond acceptors (Lipinski definition) is 3. The molecular formula is C17H17FO4. The van der Waals surface area contributed by atoms with Crippen LogP contribution in [-0.2, 0) is 11.2 Å². The molecule has 2 aromatic rings. The van der Waals surface area contributed by atoms with Crippen LogP contribution in [-0.4, -0.2) is 23.3 Å². The summed E-state index contributed by atoms with van der Waals surface area (Å²) in [6.45, 7) is 1.62. The monoisotopic (exact) mass is 304 g/mol. The van der Waals surface area contributed by atoms with Gasteiger partial charge in [-0.05, 0) is 48.2 Å². The molecule has 2 aromatic carbocycles. The van der Waals surface area contributed by atoms with E-state index in [9.17, 15) is 19.4 Å². The lowest BCUT2D eigenvalue weighted by Gasteiger charge is -2.14. The number of aliphatic carboxylic acids is 1. The molecule has 0 aromatic heterocycles. The second-order valence-corrected chi connectivity index (χ2v) is 5.11. The topological polar surface area (TPSA) is 66.8 Å². The summed E-state index contributed by atoms with van der Waals surface area (Å²) in [5.74, 6) is -2.10. The SMILES string of the molecule is COc1ccc(CC(C(=O)O)c2ccc(C)c(F)c2)cc1O. The van der Waals surface area contributed by atoms with Crippen LogP contribution in [0.15, 0.2) is 36.4 Å². The molecule has 1 unspecified atom stereocenters. The lowest BCUT2D eigenvalue weighted by molar-refractivity contribution is -0.138. The van der Waals surface area contributed by atoms with E-state index in [4.69, 9.17) is 4.74 Å². The van der Waals surface area contributed by atoms with E-state index < -0.39 is 17.7 Å². The first kappa shape index (κ1) is 15.8. The number of ether oxygens (including phenoxy) is 1. The average molecular weight is 304 g/mol. The number of carboxylic acid groups (broad SMARTS) is 1. The Morgan fingerprint density at radius 2 is 2.00 bits per heavy atom. The maximum atomic E-state index is 13.7. The lowest BCUT2D eigenvalue weighted by Crippen LogP contribution is -2.15.